The van der Waals surface area contributed by atoms with Gasteiger partial charge in [0.1, 0.15) is 5.60 Å². The van der Waals surface area contributed by atoms with Crippen LogP contribution in [0.1, 0.15) is 55.0 Å². The molecule has 0 spiro atoms. The van der Waals surface area contributed by atoms with Crippen LogP contribution in [0.4, 0.5) is 4.79 Å². The average molecular weight is 359 g/mol. The van der Waals surface area contributed by atoms with Gasteiger partial charge < -0.3 is 15.2 Å². The van der Waals surface area contributed by atoms with Crippen LogP contribution in [0.2, 0.25) is 0 Å². The normalized spacial score (nSPS) is 11.2. The van der Waals surface area contributed by atoms with Crippen molar-refractivity contribution in [3.05, 3.63) is 52.8 Å². The number of carbonyl (C=O) groups excluding carboxylic acids is 1. The summed E-state index contributed by atoms with van der Waals surface area (Å²) in [4.78, 5) is 23.5. The lowest BCUT2D eigenvalue weighted by molar-refractivity contribution is 0.0521. The SMILES string of the molecule is CCc1c(C(=O)O)nn(Cc2ccccc2)c1CNC(=O)OC(C)(C)C. The summed E-state index contributed by atoms with van der Waals surface area (Å²) in [5.41, 5.74) is 1.69. The van der Waals surface area contributed by atoms with Crippen LogP contribution >= 0.6 is 0 Å². The van der Waals surface area contributed by atoms with Crippen LogP contribution in [-0.4, -0.2) is 32.6 Å². The van der Waals surface area contributed by atoms with Crippen LogP contribution in [0.5, 0.6) is 0 Å². The Kier molecular flexibility index (Phi) is 6.02. The number of aromatic carboxylic acids is 1. The summed E-state index contributed by atoms with van der Waals surface area (Å²) in [5, 5.41) is 16.4. The third kappa shape index (κ3) is 5.08. The van der Waals surface area contributed by atoms with E-state index in [9.17, 15) is 14.7 Å². The number of benzene rings is 1. The molecule has 2 aromatic rings. The number of ether oxygens (including phenoxy) is 1. The van der Waals surface area contributed by atoms with Gasteiger partial charge >= 0.3 is 12.1 Å². The summed E-state index contributed by atoms with van der Waals surface area (Å²) in [5.74, 6) is -1.08. The first-order valence-corrected chi connectivity index (χ1v) is 8.54. The van der Waals surface area contributed by atoms with Gasteiger partial charge in [-0.3, -0.25) is 4.68 Å². The minimum absolute atomic E-state index is 0.0180. The van der Waals surface area contributed by atoms with E-state index in [1.54, 1.807) is 25.5 Å². The number of hydrogen-bond acceptors (Lipinski definition) is 4. The molecule has 0 radical (unpaired) electrons. The third-order valence-corrected chi connectivity index (χ3v) is 3.70. The first-order valence-electron chi connectivity index (χ1n) is 8.54. The molecule has 7 nitrogen and oxygen atoms in total. The monoisotopic (exact) mass is 359 g/mol. The Morgan fingerprint density at radius 2 is 1.88 bits per heavy atom. The van der Waals surface area contributed by atoms with Gasteiger partial charge in [0.2, 0.25) is 0 Å². The summed E-state index contributed by atoms with van der Waals surface area (Å²) in [6.45, 7) is 7.79. The van der Waals surface area contributed by atoms with E-state index in [-0.39, 0.29) is 12.2 Å². The lowest BCUT2D eigenvalue weighted by atomic mass is 10.1. The number of nitrogens with zero attached hydrogens (tertiary/aromatic N) is 2. The Bertz CT molecular complexity index is 776. The number of rotatable bonds is 6. The van der Waals surface area contributed by atoms with Gasteiger partial charge in [0.05, 0.1) is 18.8 Å². The predicted molar refractivity (Wildman–Crippen MR) is 97.2 cm³/mol. The molecule has 7 heteroatoms. The Labute approximate surface area is 153 Å². The molecule has 1 aromatic heterocycles. The summed E-state index contributed by atoms with van der Waals surface area (Å²) in [6.07, 6.45) is -0.0502. The van der Waals surface area contributed by atoms with E-state index in [0.717, 1.165) is 5.56 Å². The van der Waals surface area contributed by atoms with E-state index in [1.807, 2.05) is 37.3 Å². The van der Waals surface area contributed by atoms with Crippen molar-refractivity contribution in [2.45, 2.75) is 52.8 Å². The zero-order valence-electron chi connectivity index (χ0n) is 15.6. The highest BCUT2D eigenvalue weighted by atomic mass is 16.6. The highest BCUT2D eigenvalue weighted by molar-refractivity contribution is 5.87. The van der Waals surface area contributed by atoms with Gasteiger partial charge in [-0.15, -0.1) is 0 Å². The molecule has 0 aliphatic carbocycles. The standard InChI is InChI=1S/C19H25N3O4/c1-5-14-15(11-20-18(25)26-19(2,3)4)22(21-16(14)17(23)24)12-13-9-7-6-8-10-13/h6-10H,5,11-12H2,1-4H3,(H,20,25)(H,23,24). The maximum atomic E-state index is 12.0. The van der Waals surface area contributed by atoms with Gasteiger partial charge in [-0.1, -0.05) is 37.3 Å². The van der Waals surface area contributed by atoms with Gasteiger partial charge in [0.25, 0.3) is 0 Å². The van der Waals surface area contributed by atoms with Gasteiger partial charge in [0.15, 0.2) is 5.69 Å². The van der Waals surface area contributed by atoms with E-state index in [4.69, 9.17) is 4.74 Å². The molecule has 0 unspecified atom stereocenters. The van der Waals surface area contributed by atoms with Crippen molar-refractivity contribution in [1.82, 2.24) is 15.1 Å². The van der Waals surface area contributed by atoms with E-state index < -0.39 is 17.7 Å². The van der Waals surface area contributed by atoms with E-state index in [2.05, 4.69) is 10.4 Å². The molecule has 0 fully saturated rings. The Balaban J connectivity index is 2.29. The molecule has 0 bridgehead atoms. The molecule has 0 aliphatic rings. The lowest BCUT2D eigenvalue weighted by Gasteiger charge is -2.20. The number of aromatic nitrogens is 2. The van der Waals surface area contributed by atoms with Crippen molar-refractivity contribution >= 4 is 12.1 Å². The smallest absolute Gasteiger partial charge is 0.407 e. The van der Waals surface area contributed by atoms with Crippen LogP contribution in [-0.2, 0) is 24.2 Å². The molecule has 2 rings (SSSR count). The first kappa shape index (κ1) is 19.5. The second kappa shape index (κ2) is 8.03. The zero-order chi connectivity index (χ0) is 19.3. The second-order valence-electron chi connectivity index (χ2n) is 6.93. The van der Waals surface area contributed by atoms with Crippen molar-refractivity contribution in [3.63, 3.8) is 0 Å². The van der Waals surface area contributed by atoms with Gasteiger partial charge in [0, 0.05) is 5.56 Å². The summed E-state index contributed by atoms with van der Waals surface area (Å²) in [6, 6.07) is 9.63. The molecule has 2 N–H and O–H groups in total. The summed E-state index contributed by atoms with van der Waals surface area (Å²) >= 11 is 0. The fourth-order valence-electron chi connectivity index (χ4n) is 2.63. The van der Waals surface area contributed by atoms with Crippen LogP contribution in [0.15, 0.2) is 30.3 Å². The van der Waals surface area contributed by atoms with Crippen molar-refractivity contribution in [2.24, 2.45) is 0 Å². The molecule has 1 amide bonds. The number of carboxylic acid groups (broad SMARTS) is 1. The molecule has 26 heavy (non-hydrogen) atoms. The van der Waals surface area contributed by atoms with Crippen LogP contribution in [0.25, 0.3) is 0 Å². The van der Waals surface area contributed by atoms with Gasteiger partial charge in [-0.2, -0.15) is 5.10 Å². The quantitative estimate of drug-likeness (QED) is 0.826. The third-order valence-electron chi connectivity index (χ3n) is 3.70. The van der Waals surface area contributed by atoms with E-state index >= 15 is 0 Å². The Morgan fingerprint density at radius 1 is 1.23 bits per heavy atom. The van der Waals surface area contributed by atoms with E-state index in [0.29, 0.717) is 24.2 Å². The minimum Gasteiger partial charge on any atom is -0.476 e. The fraction of sp³-hybridized carbons (Fsp3) is 0.421. The number of alkyl carbamates (subject to hydrolysis) is 1. The Morgan fingerprint density at radius 3 is 2.42 bits per heavy atom. The van der Waals surface area contributed by atoms with Crippen LogP contribution in [0.3, 0.4) is 0 Å². The van der Waals surface area contributed by atoms with Crippen LogP contribution < -0.4 is 5.32 Å². The van der Waals surface area contributed by atoms with E-state index in [1.165, 1.54) is 0 Å². The maximum absolute atomic E-state index is 12.0. The number of nitrogens with one attached hydrogen (secondary N) is 1. The molecule has 1 heterocycles. The number of carboxylic acids is 1. The minimum atomic E-state index is -1.08. The number of hydrogen-bond donors (Lipinski definition) is 2. The number of amides is 1. The molecule has 1 aromatic carbocycles. The van der Waals surface area contributed by atoms with Crippen molar-refractivity contribution < 1.29 is 19.4 Å². The maximum Gasteiger partial charge on any atom is 0.407 e. The van der Waals surface area contributed by atoms with Crippen molar-refractivity contribution in [3.8, 4) is 0 Å². The molecular formula is C19H25N3O4. The molecule has 0 aliphatic heterocycles. The van der Waals surface area contributed by atoms with Crippen molar-refractivity contribution in [1.29, 1.82) is 0 Å². The lowest BCUT2D eigenvalue weighted by Crippen LogP contribution is -2.33. The number of carbonyl (C=O) groups is 2. The highest BCUT2D eigenvalue weighted by Gasteiger charge is 2.23. The van der Waals surface area contributed by atoms with Crippen LogP contribution in [0, 0.1) is 0 Å². The highest BCUT2D eigenvalue weighted by Crippen LogP contribution is 2.18. The topological polar surface area (TPSA) is 93.5 Å². The summed E-state index contributed by atoms with van der Waals surface area (Å²) in [7, 11) is 0. The molecule has 0 saturated carbocycles. The summed E-state index contributed by atoms with van der Waals surface area (Å²) < 4.78 is 6.88. The van der Waals surface area contributed by atoms with Crippen molar-refractivity contribution in [2.75, 3.05) is 0 Å². The zero-order valence-corrected chi connectivity index (χ0v) is 15.6. The molecular weight excluding hydrogens is 334 g/mol. The second-order valence-corrected chi connectivity index (χ2v) is 6.93. The Hall–Kier alpha value is -2.83. The van der Waals surface area contributed by atoms with Gasteiger partial charge in [-0.25, -0.2) is 9.59 Å². The predicted octanol–water partition coefficient (Wildman–Crippen LogP) is 3.22. The molecule has 140 valence electrons. The average Bonchev–Trinajstić information content (AvgIpc) is 2.90. The largest absolute Gasteiger partial charge is 0.476 e. The molecule has 0 saturated heterocycles. The van der Waals surface area contributed by atoms with Gasteiger partial charge in [-0.05, 0) is 32.8 Å². The first-order chi connectivity index (χ1) is 12.2. The fourth-order valence-corrected chi connectivity index (χ4v) is 2.63. The molecule has 0 atom stereocenters.